The maximum atomic E-state index is 12.4. The average Bonchev–Trinajstić information content (AvgIpc) is 2.67. The Kier molecular flexibility index (Phi) is 7.82. The van der Waals surface area contributed by atoms with Crippen molar-refractivity contribution in [3.63, 3.8) is 0 Å². The van der Waals surface area contributed by atoms with Crippen LogP contribution >= 0.6 is 0 Å². The number of rotatable bonds is 9. The molecule has 2 rings (SSSR count). The van der Waals surface area contributed by atoms with E-state index < -0.39 is 28.3 Å². The molecule has 0 aliphatic heterocycles. The van der Waals surface area contributed by atoms with Gasteiger partial charge in [-0.1, -0.05) is 12.1 Å². The summed E-state index contributed by atoms with van der Waals surface area (Å²) in [6.45, 7) is 2.00. The van der Waals surface area contributed by atoms with Crippen LogP contribution < -0.4 is 14.8 Å². The number of sulfonamides is 1. The van der Waals surface area contributed by atoms with E-state index in [0.717, 1.165) is 12.1 Å². The van der Waals surface area contributed by atoms with Crippen molar-refractivity contribution in [3.05, 3.63) is 59.7 Å². The van der Waals surface area contributed by atoms with Crippen molar-refractivity contribution in [1.82, 2.24) is 10.0 Å². The first-order valence-corrected chi connectivity index (χ1v) is 10.3. The standard InChI is InChI=1S/C19H21F3N2O5S/c1-13(14-3-7-16(8-4-14)29-19(20,21)22)24-18(25)15-5-9-17(10-6-15)30(26,27)23-11-12-28-2/h3-10,13,23H,11-12H2,1-2H3,(H,24,25). The first kappa shape index (κ1) is 23.6. The van der Waals surface area contributed by atoms with Crippen LogP contribution in [0.1, 0.15) is 28.9 Å². The molecule has 1 atom stereocenters. The third-order valence-electron chi connectivity index (χ3n) is 3.99. The van der Waals surface area contributed by atoms with E-state index in [9.17, 15) is 26.4 Å². The molecule has 7 nitrogen and oxygen atoms in total. The molecule has 0 aliphatic carbocycles. The number of carbonyl (C=O) groups excluding carboxylic acids is 1. The van der Waals surface area contributed by atoms with E-state index in [2.05, 4.69) is 14.8 Å². The first-order valence-electron chi connectivity index (χ1n) is 8.77. The minimum Gasteiger partial charge on any atom is -0.406 e. The molecular weight excluding hydrogens is 425 g/mol. The van der Waals surface area contributed by atoms with Crippen molar-refractivity contribution in [1.29, 1.82) is 0 Å². The fourth-order valence-corrected chi connectivity index (χ4v) is 3.48. The van der Waals surface area contributed by atoms with Gasteiger partial charge < -0.3 is 14.8 Å². The largest absolute Gasteiger partial charge is 0.573 e. The zero-order valence-corrected chi connectivity index (χ0v) is 17.0. The summed E-state index contributed by atoms with van der Waals surface area (Å²) in [4.78, 5) is 12.4. The molecule has 2 N–H and O–H groups in total. The summed E-state index contributed by atoms with van der Waals surface area (Å²) in [6.07, 6.45) is -4.78. The molecular formula is C19H21F3N2O5S. The van der Waals surface area contributed by atoms with Crippen molar-refractivity contribution in [2.75, 3.05) is 20.3 Å². The predicted octanol–water partition coefficient (Wildman–Crippen LogP) is 3.00. The Hall–Kier alpha value is -2.63. The molecule has 0 heterocycles. The molecule has 0 aliphatic rings. The van der Waals surface area contributed by atoms with Crippen LogP contribution in [-0.4, -0.2) is 40.9 Å². The monoisotopic (exact) mass is 446 g/mol. The summed E-state index contributed by atoms with van der Waals surface area (Å²) in [5.41, 5.74) is 0.800. The number of methoxy groups -OCH3 is 1. The van der Waals surface area contributed by atoms with Crippen molar-refractivity contribution in [2.24, 2.45) is 0 Å². The van der Waals surface area contributed by atoms with Crippen LogP contribution in [0.3, 0.4) is 0 Å². The van der Waals surface area contributed by atoms with Gasteiger partial charge in [0.15, 0.2) is 0 Å². The fraction of sp³-hybridized carbons (Fsp3) is 0.316. The van der Waals surface area contributed by atoms with E-state index in [1.54, 1.807) is 6.92 Å². The molecule has 0 aromatic heterocycles. The molecule has 0 radical (unpaired) electrons. The first-order chi connectivity index (χ1) is 14.0. The number of amides is 1. The Balaban J connectivity index is 2.00. The maximum Gasteiger partial charge on any atom is 0.573 e. The second kappa shape index (κ2) is 9.92. The van der Waals surface area contributed by atoms with Gasteiger partial charge in [0.25, 0.3) is 5.91 Å². The number of hydrogen-bond acceptors (Lipinski definition) is 5. The smallest absolute Gasteiger partial charge is 0.406 e. The Bertz CT molecular complexity index is 946. The third-order valence-corrected chi connectivity index (χ3v) is 5.46. The summed E-state index contributed by atoms with van der Waals surface area (Å²) < 4.78 is 71.8. The summed E-state index contributed by atoms with van der Waals surface area (Å²) in [5, 5.41) is 2.70. The molecule has 2 aromatic carbocycles. The summed E-state index contributed by atoms with van der Waals surface area (Å²) >= 11 is 0. The van der Waals surface area contributed by atoms with Crippen molar-refractivity contribution in [2.45, 2.75) is 24.2 Å². The molecule has 11 heteroatoms. The van der Waals surface area contributed by atoms with Gasteiger partial charge in [-0.25, -0.2) is 13.1 Å². The van der Waals surface area contributed by atoms with E-state index in [1.807, 2.05) is 0 Å². The van der Waals surface area contributed by atoms with Crippen molar-refractivity contribution < 1.29 is 35.9 Å². The van der Waals surface area contributed by atoms with Gasteiger partial charge in [0.05, 0.1) is 17.5 Å². The fourth-order valence-electron chi connectivity index (χ4n) is 2.47. The highest BCUT2D eigenvalue weighted by Gasteiger charge is 2.31. The Labute approximate surface area is 172 Å². The van der Waals surface area contributed by atoms with E-state index >= 15 is 0 Å². The zero-order chi connectivity index (χ0) is 22.4. The second-order valence-electron chi connectivity index (χ2n) is 6.23. The average molecular weight is 446 g/mol. The van der Waals surface area contributed by atoms with Gasteiger partial charge in [0, 0.05) is 19.2 Å². The van der Waals surface area contributed by atoms with Crippen LogP contribution in [0.25, 0.3) is 0 Å². The summed E-state index contributed by atoms with van der Waals surface area (Å²) in [6, 6.07) is 9.97. The van der Waals surface area contributed by atoms with Crippen molar-refractivity contribution in [3.8, 4) is 5.75 Å². The van der Waals surface area contributed by atoms with E-state index in [0.29, 0.717) is 5.56 Å². The van der Waals surface area contributed by atoms with E-state index in [-0.39, 0.29) is 29.4 Å². The van der Waals surface area contributed by atoms with Crippen LogP contribution in [-0.2, 0) is 14.8 Å². The zero-order valence-electron chi connectivity index (χ0n) is 16.2. The second-order valence-corrected chi connectivity index (χ2v) is 7.99. The lowest BCUT2D eigenvalue weighted by Gasteiger charge is -2.16. The number of carbonyl (C=O) groups is 1. The molecule has 0 bridgehead atoms. The normalized spacial score (nSPS) is 13.0. The molecule has 1 unspecified atom stereocenters. The minimum absolute atomic E-state index is 0.00320. The molecule has 1 amide bonds. The maximum absolute atomic E-state index is 12.4. The summed E-state index contributed by atoms with van der Waals surface area (Å²) in [5.74, 6) is -0.824. The molecule has 0 saturated heterocycles. The lowest BCUT2D eigenvalue weighted by molar-refractivity contribution is -0.274. The topological polar surface area (TPSA) is 93.7 Å². The highest BCUT2D eigenvalue weighted by Crippen LogP contribution is 2.24. The van der Waals surface area contributed by atoms with Crippen LogP contribution in [0.4, 0.5) is 13.2 Å². The van der Waals surface area contributed by atoms with Crippen LogP contribution in [0.5, 0.6) is 5.75 Å². The minimum atomic E-state index is -4.78. The number of benzene rings is 2. The van der Waals surface area contributed by atoms with Gasteiger partial charge in [-0.2, -0.15) is 0 Å². The molecule has 30 heavy (non-hydrogen) atoms. The third kappa shape index (κ3) is 7.01. The van der Waals surface area contributed by atoms with Crippen LogP contribution in [0.2, 0.25) is 0 Å². The number of hydrogen-bond donors (Lipinski definition) is 2. The van der Waals surface area contributed by atoms with E-state index in [1.165, 1.54) is 43.5 Å². The predicted molar refractivity (Wildman–Crippen MR) is 103 cm³/mol. The lowest BCUT2D eigenvalue weighted by Crippen LogP contribution is -2.28. The highest BCUT2D eigenvalue weighted by atomic mass is 32.2. The van der Waals surface area contributed by atoms with Crippen LogP contribution in [0.15, 0.2) is 53.4 Å². The molecule has 0 saturated carbocycles. The Morgan fingerprint density at radius 1 is 1.07 bits per heavy atom. The molecule has 2 aromatic rings. The quantitative estimate of drug-likeness (QED) is 0.578. The molecule has 0 spiro atoms. The Morgan fingerprint density at radius 2 is 1.67 bits per heavy atom. The van der Waals surface area contributed by atoms with Gasteiger partial charge in [-0.05, 0) is 48.9 Å². The number of nitrogens with one attached hydrogen (secondary N) is 2. The van der Waals surface area contributed by atoms with Gasteiger partial charge in [0.1, 0.15) is 5.75 Å². The SMILES string of the molecule is COCCNS(=O)(=O)c1ccc(C(=O)NC(C)c2ccc(OC(F)(F)F)cc2)cc1. The van der Waals surface area contributed by atoms with Crippen LogP contribution in [0, 0.1) is 0 Å². The van der Waals surface area contributed by atoms with Gasteiger partial charge in [-0.3, -0.25) is 4.79 Å². The number of halogens is 3. The highest BCUT2D eigenvalue weighted by molar-refractivity contribution is 7.89. The number of ether oxygens (including phenoxy) is 2. The van der Waals surface area contributed by atoms with Gasteiger partial charge in [-0.15, -0.1) is 13.2 Å². The number of alkyl halides is 3. The molecule has 0 fully saturated rings. The van der Waals surface area contributed by atoms with Crippen molar-refractivity contribution >= 4 is 15.9 Å². The van der Waals surface area contributed by atoms with E-state index in [4.69, 9.17) is 4.74 Å². The van der Waals surface area contributed by atoms with Gasteiger partial charge in [0.2, 0.25) is 10.0 Å². The molecule has 164 valence electrons. The summed E-state index contributed by atoms with van der Waals surface area (Å²) in [7, 11) is -2.26. The Morgan fingerprint density at radius 3 is 2.20 bits per heavy atom. The van der Waals surface area contributed by atoms with Gasteiger partial charge >= 0.3 is 6.36 Å². The lowest BCUT2D eigenvalue weighted by atomic mass is 10.1.